The highest BCUT2D eigenvalue weighted by Gasteiger charge is 2.24. The van der Waals surface area contributed by atoms with Gasteiger partial charge < -0.3 is 4.90 Å². The molecular weight excluding hydrogens is 286 g/mol. The van der Waals surface area contributed by atoms with E-state index in [1.807, 2.05) is 47.5 Å². The first kappa shape index (κ1) is 15.8. The Labute approximate surface area is 138 Å². The number of carbonyl (C=O) groups excluding carboxylic acids is 1. The van der Waals surface area contributed by atoms with Crippen molar-refractivity contribution in [3.05, 3.63) is 42.6 Å². The van der Waals surface area contributed by atoms with Crippen molar-refractivity contribution in [3.8, 4) is 11.3 Å². The number of nitrogens with zero attached hydrogens (tertiary/aromatic N) is 3. The number of aromatic nitrogens is 2. The number of benzene rings is 1. The van der Waals surface area contributed by atoms with Gasteiger partial charge in [-0.05, 0) is 25.8 Å². The molecule has 1 aromatic carbocycles. The highest BCUT2D eigenvalue weighted by atomic mass is 16.2. The van der Waals surface area contributed by atoms with Crippen LogP contribution in [-0.4, -0.2) is 33.2 Å². The highest BCUT2D eigenvalue weighted by molar-refractivity contribution is 5.76. The molecule has 0 saturated heterocycles. The Morgan fingerprint density at radius 3 is 2.61 bits per heavy atom. The molecule has 0 atom stereocenters. The monoisotopic (exact) mass is 311 g/mol. The summed E-state index contributed by atoms with van der Waals surface area (Å²) in [7, 11) is 0. The smallest absolute Gasteiger partial charge is 0.244 e. The molecule has 1 aliphatic carbocycles. The molecule has 1 aromatic heterocycles. The van der Waals surface area contributed by atoms with Gasteiger partial charge >= 0.3 is 0 Å². The largest absolute Gasteiger partial charge is 0.338 e. The molecule has 0 unspecified atom stereocenters. The molecule has 0 radical (unpaired) electrons. The summed E-state index contributed by atoms with van der Waals surface area (Å²) in [6.45, 7) is 3.19. The lowest BCUT2D eigenvalue weighted by molar-refractivity contribution is -0.134. The maximum absolute atomic E-state index is 12.7. The molecule has 3 rings (SSSR count). The van der Waals surface area contributed by atoms with Crippen molar-refractivity contribution in [1.29, 1.82) is 0 Å². The van der Waals surface area contributed by atoms with E-state index in [-0.39, 0.29) is 5.91 Å². The highest BCUT2D eigenvalue weighted by Crippen LogP contribution is 2.23. The van der Waals surface area contributed by atoms with E-state index in [0.717, 1.165) is 30.6 Å². The predicted octanol–water partition coefficient (Wildman–Crippen LogP) is 3.73. The summed E-state index contributed by atoms with van der Waals surface area (Å²) in [5, 5.41) is 4.55. The summed E-state index contributed by atoms with van der Waals surface area (Å²) in [5.74, 6) is 0.183. The first-order valence-electron chi connectivity index (χ1n) is 8.66. The van der Waals surface area contributed by atoms with Gasteiger partial charge in [-0.3, -0.25) is 9.48 Å². The van der Waals surface area contributed by atoms with Crippen molar-refractivity contribution in [3.63, 3.8) is 0 Å². The van der Waals surface area contributed by atoms with Gasteiger partial charge in [0.25, 0.3) is 0 Å². The van der Waals surface area contributed by atoms with Crippen LogP contribution in [0.4, 0.5) is 0 Å². The molecule has 4 nitrogen and oxygen atoms in total. The lowest BCUT2D eigenvalue weighted by atomic mass is 9.94. The molecule has 0 aliphatic heterocycles. The van der Waals surface area contributed by atoms with Crippen LogP contribution in [0.3, 0.4) is 0 Å². The zero-order valence-electron chi connectivity index (χ0n) is 13.8. The molecule has 1 fully saturated rings. The third kappa shape index (κ3) is 3.81. The van der Waals surface area contributed by atoms with Crippen LogP contribution in [0, 0.1) is 0 Å². The molecule has 0 bridgehead atoms. The fraction of sp³-hybridized carbons (Fsp3) is 0.474. The Morgan fingerprint density at radius 1 is 1.17 bits per heavy atom. The third-order valence-corrected chi connectivity index (χ3v) is 4.68. The topological polar surface area (TPSA) is 38.1 Å². The van der Waals surface area contributed by atoms with E-state index in [2.05, 4.69) is 12.0 Å². The van der Waals surface area contributed by atoms with E-state index < -0.39 is 0 Å². The number of likely N-dealkylation sites (N-methyl/N-ethyl adjacent to an activating group) is 1. The number of carbonyl (C=O) groups is 1. The Hall–Kier alpha value is -2.10. The fourth-order valence-electron chi connectivity index (χ4n) is 3.47. The number of hydrogen-bond donors (Lipinski definition) is 0. The lowest BCUT2D eigenvalue weighted by Crippen LogP contribution is -2.43. The average molecular weight is 311 g/mol. The van der Waals surface area contributed by atoms with E-state index in [1.165, 1.54) is 19.3 Å². The molecule has 0 N–H and O–H groups in total. The van der Waals surface area contributed by atoms with Crippen LogP contribution in [-0.2, 0) is 11.3 Å². The van der Waals surface area contributed by atoms with Crippen LogP contribution in [0.1, 0.15) is 39.0 Å². The fourth-order valence-corrected chi connectivity index (χ4v) is 3.47. The van der Waals surface area contributed by atoms with Crippen molar-refractivity contribution in [2.75, 3.05) is 6.54 Å². The Balaban J connectivity index is 1.66. The Morgan fingerprint density at radius 2 is 1.91 bits per heavy atom. The molecule has 1 heterocycles. The second kappa shape index (κ2) is 7.44. The van der Waals surface area contributed by atoms with Crippen molar-refractivity contribution in [1.82, 2.24) is 14.7 Å². The summed E-state index contributed by atoms with van der Waals surface area (Å²) >= 11 is 0. The van der Waals surface area contributed by atoms with Gasteiger partial charge in [-0.15, -0.1) is 0 Å². The maximum Gasteiger partial charge on any atom is 0.244 e. The van der Waals surface area contributed by atoms with Crippen LogP contribution < -0.4 is 0 Å². The molecule has 122 valence electrons. The van der Waals surface area contributed by atoms with Crippen LogP contribution in [0.15, 0.2) is 42.6 Å². The van der Waals surface area contributed by atoms with E-state index in [9.17, 15) is 4.79 Å². The SMILES string of the molecule is CCN(C(=O)Cn1ccc(-c2ccccc2)n1)C1CCCCC1. The van der Waals surface area contributed by atoms with Gasteiger partial charge in [0.15, 0.2) is 0 Å². The minimum atomic E-state index is 0.183. The van der Waals surface area contributed by atoms with Crippen LogP contribution >= 0.6 is 0 Å². The molecule has 1 saturated carbocycles. The average Bonchev–Trinajstić information content (AvgIpc) is 3.06. The molecular formula is C19H25N3O. The predicted molar refractivity (Wildman–Crippen MR) is 91.9 cm³/mol. The molecule has 4 heteroatoms. The van der Waals surface area contributed by atoms with Crippen LogP contribution in [0.2, 0.25) is 0 Å². The van der Waals surface area contributed by atoms with Gasteiger partial charge in [0.05, 0.1) is 5.69 Å². The van der Waals surface area contributed by atoms with Gasteiger partial charge in [-0.1, -0.05) is 49.6 Å². The minimum Gasteiger partial charge on any atom is -0.338 e. The molecule has 1 amide bonds. The van der Waals surface area contributed by atoms with Crippen LogP contribution in [0.25, 0.3) is 11.3 Å². The van der Waals surface area contributed by atoms with Crippen molar-refractivity contribution >= 4 is 5.91 Å². The van der Waals surface area contributed by atoms with Gasteiger partial charge in [-0.2, -0.15) is 5.10 Å². The van der Waals surface area contributed by atoms with E-state index in [4.69, 9.17) is 0 Å². The quantitative estimate of drug-likeness (QED) is 0.844. The summed E-state index contributed by atoms with van der Waals surface area (Å²) in [5.41, 5.74) is 2.00. The Kier molecular flexibility index (Phi) is 5.11. The number of amides is 1. The molecule has 1 aliphatic rings. The Bertz CT molecular complexity index is 629. The van der Waals surface area contributed by atoms with Crippen molar-refractivity contribution in [2.24, 2.45) is 0 Å². The zero-order valence-corrected chi connectivity index (χ0v) is 13.8. The van der Waals surface area contributed by atoms with Gasteiger partial charge in [0.2, 0.25) is 5.91 Å². The van der Waals surface area contributed by atoms with E-state index in [0.29, 0.717) is 12.6 Å². The molecule has 2 aromatic rings. The van der Waals surface area contributed by atoms with Gasteiger partial charge in [-0.25, -0.2) is 0 Å². The summed E-state index contributed by atoms with van der Waals surface area (Å²) in [4.78, 5) is 14.7. The van der Waals surface area contributed by atoms with Crippen LogP contribution in [0.5, 0.6) is 0 Å². The van der Waals surface area contributed by atoms with E-state index >= 15 is 0 Å². The van der Waals surface area contributed by atoms with Gasteiger partial charge in [0, 0.05) is 24.3 Å². The second-order valence-corrected chi connectivity index (χ2v) is 6.24. The first-order chi connectivity index (χ1) is 11.3. The summed E-state index contributed by atoms with van der Waals surface area (Å²) < 4.78 is 1.76. The molecule has 0 spiro atoms. The summed E-state index contributed by atoms with van der Waals surface area (Å²) in [6, 6.07) is 12.5. The van der Waals surface area contributed by atoms with Crippen molar-refractivity contribution in [2.45, 2.75) is 51.6 Å². The van der Waals surface area contributed by atoms with Crippen molar-refractivity contribution < 1.29 is 4.79 Å². The van der Waals surface area contributed by atoms with E-state index in [1.54, 1.807) is 4.68 Å². The standard InChI is InChI=1S/C19H25N3O/c1-2-22(17-11-7-4-8-12-17)19(23)15-21-14-13-18(20-21)16-9-5-3-6-10-16/h3,5-6,9-10,13-14,17H,2,4,7-8,11-12,15H2,1H3. The lowest BCUT2D eigenvalue weighted by Gasteiger charge is -2.33. The zero-order chi connectivity index (χ0) is 16.1. The number of hydrogen-bond acceptors (Lipinski definition) is 2. The molecule has 23 heavy (non-hydrogen) atoms. The first-order valence-corrected chi connectivity index (χ1v) is 8.66. The second-order valence-electron chi connectivity index (χ2n) is 6.24. The normalized spacial score (nSPS) is 15.5. The summed E-state index contributed by atoms with van der Waals surface area (Å²) in [6.07, 6.45) is 7.99. The number of rotatable bonds is 5. The maximum atomic E-state index is 12.7. The minimum absolute atomic E-state index is 0.183. The van der Waals surface area contributed by atoms with Gasteiger partial charge in [0.1, 0.15) is 6.54 Å². The third-order valence-electron chi connectivity index (χ3n) is 4.68.